The zero-order chi connectivity index (χ0) is 22.9. The van der Waals surface area contributed by atoms with E-state index in [0.29, 0.717) is 28.2 Å². The van der Waals surface area contributed by atoms with Crippen molar-refractivity contribution in [3.05, 3.63) is 46.5 Å². The number of nitrogens with one attached hydrogen (secondary N) is 1. The molecule has 1 aliphatic heterocycles. The van der Waals surface area contributed by atoms with E-state index in [1.165, 1.54) is 4.90 Å². The Morgan fingerprint density at radius 3 is 2.68 bits per heavy atom. The van der Waals surface area contributed by atoms with Crippen LogP contribution in [0.4, 0.5) is 5.82 Å². The summed E-state index contributed by atoms with van der Waals surface area (Å²) in [6.07, 6.45) is -0.323. The third-order valence-corrected chi connectivity index (χ3v) is 5.54. The molecule has 3 rings (SSSR count). The number of carboxylic acids is 1. The SMILES string of the molecule is CNc1nc(-c2ccc3c(c2)C(C)N([C@@H](CCC(=O)O)C(N)=O)C3=O)cc(C)c1C#N. The Morgan fingerprint density at radius 2 is 2.10 bits per heavy atom. The molecular weight excluding hydrogens is 398 g/mol. The molecule has 0 radical (unpaired) electrons. The van der Waals surface area contributed by atoms with Gasteiger partial charge in [0.25, 0.3) is 5.91 Å². The maximum atomic E-state index is 13.0. The van der Waals surface area contributed by atoms with Gasteiger partial charge >= 0.3 is 5.97 Å². The Hall–Kier alpha value is -3.93. The Balaban J connectivity index is 2.01. The lowest BCUT2D eigenvalue weighted by Gasteiger charge is -2.29. The summed E-state index contributed by atoms with van der Waals surface area (Å²) in [6.45, 7) is 3.60. The Morgan fingerprint density at radius 1 is 1.39 bits per heavy atom. The third-order valence-electron chi connectivity index (χ3n) is 5.54. The molecule has 1 aliphatic rings. The lowest BCUT2D eigenvalue weighted by molar-refractivity contribution is -0.137. The molecule has 31 heavy (non-hydrogen) atoms. The minimum Gasteiger partial charge on any atom is -0.481 e. The van der Waals surface area contributed by atoms with Gasteiger partial charge in [0.1, 0.15) is 17.9 Å². The Kier molecular flexibility index (Phi) is 5.92. The zero-order valence-electron chi connectivity index (χ0n) is 17.5. The number of primary amides is 1. The van der Waals surface area contributed by atoms with Crippen molar-refractivity contribution in [3.8, 4) is 17.3 Å². The number of benzene rings is 1. The molecule has 9 nitrogen and oxygen atoms in total. The van der Waals surface area contributed by atoms with Gasteiger partial charge in [0.15, 0.2) is 0 Å². The lowest BCUT2D eigenvalue weighted by Crippen LogP contribution is -2.46. The number of carbonyl (C=O) groups excluding carboxylic acids is 2. The summed E-state index contributed by atoms with van der Waals surface area (Å²) in [5.74, 6) is -1.69. The van der Waals surface area contributed by atoms with Gasteiger partial charge in [-0.15, -0.1) is 0 Å². The number of aromatic nitrogens is 1. The van der Waals surface area contributed by atoms with Crippen molar-refractivity contribution < 1.29 is 19.5 Å². The van der Waals surface area contributed by atoms with Crippen molar-refractivity contribution in [3.63, 3.8) is 0 Å². The van der Waals surface area contributed by atoms with E-state index in [0.717, 1.165) is 11.1 Å². The molecular formula is C22H23N5O4. The number of carbonyl (C=O) groups is 3. The van der Waals surface area contributed by atoms with Crippen molar-refractivity contribution in [1.82, 2.24) is 9.88 Å². The summed E-state index contributed by atoms with van der Waals surface area (Å²) in [4.78, 5) is 41.8. The lowest BCUT2D eigenvalue weighted by atomic mass is 9.99. The normalized spacial score (nSPS) is 15.9. The molecule has 2 amide bonds. The van der Waals surface area contributed by atoms with E-state index >= 15 is 0 Å². The number of aryl methyl sites for hydroxylation is 1. The highest BCUT2D eigenvalue weighted by Gasteiger charge is 2.40. The molecule has 9 heteroatoms. The molecule has 0 saturated heterocycles. The van der Waals surface area contributed by atoms with Crippen LogP contribution in [-0.4, -0.2) is 45.9 Å². The van der Waals surface area contributed by atoms with E-state index in [4.69, 9.17) is 10.8 Å². The van der Waals surface area contributed by atoms with Gasteiger partial charge in [-0.2, -0.15) is 5.26 Å². The topological polar surface area (TPSA) is 149 Å². The maximum absolute atomic E-state index is 13.0. The van der Waals surface area contributed by atoms with Gasteiger partial charge in [-0.25, -0.2) is 4.98 Å². The summed E-state index contributed by atoms with van der Waals surface area (Å²) in [5.41, 5.74) is 9.26. The second-order valence-corrected chi connectivity index (χ2v) is 7.45. The fraction of sp³-hybridized carbons (Fsp3) is 0.318. The van der Waals surface area contributed by atoms with Crippen LogP contribution in [0.3, 0.4) is 0 Å². The van der Waals surface area contributed by atoms with Gasteiger partial charge in [-0.3, -0.25) is 14.4 Å². The molecule has 0 spiro atoms. The number of hydrogen-bond acceptors (Lipinski definition) is 6. The summed E-state index contributed by atoms with van der Waals surface area (Å²) in [7, 11) is 1.69. The van der Waals surface area contributed by atoms with Gasteiger partial charge in [-0.05, 0) is 49.6 Å². The molecule has 2 aromatic rings. The van der Waals surface area contributed by atoms with E-state index in [2.05, 4.69) is 16.4 Å². The van der Waals surface area contributed by atoms with Crippen LogP contribution >= 0.6 is 0 Å². The predicted molar refractivity (Wildman–Crippen MR) is 113 cm³/mol. The highest BCUT2D eigenvalue weighted by molar-refractivity contribution is 6.02. The number of fused-ring (bicyclic) bond motifs is 1. The van der Waals surface area contributed by atoms with Crippen molar-refractivity contribution >= 4 is 23.6 Å². The van der Waals surface area contributed by atoms with E-state index in [9.17, 15) is 19.6 Å². The number of nitriles is 1. The standard InChI is InChI=1S/C22H23N5O4/c1-11-8-17(26-21(25-3)16(11)10-23)13-4-5-14-15(9-13)12(2)27(22(14)31)18(20(24)30)6-7-19(28)29/h4-5,8-9,12,18H,6-7H2,1-3H3,(H2,24,30)(H,25,26)(H,28,29)/t12?,18-/m0/s1. The molecule has 4 N–H and O–H groups in total. The molecule has 0 saturated carbocycles. The Bertz CT molecular complexity index is 1120. The number of nitrogens with two attached hydrogens (primary N) is 1. The van der Waals surface area contributed by atoms with Crippen LogP contribution in [0.2, 0.25) is 0 Å². The van der Waals surface area contributed by atoms with E-state index < -0.39 is 24.0 Å². The van der Waals surface area contributed by atoms with Crippen molar-refractivity contribution in [2.75, 3.05) is 12.4 Å². The van der Waals surface area contributed by atoms with Crippen molar-refractivity contribution in [2.24, 2.45) is 5.73 Å². The third kappa shape index (κ3) is 3.92. The zero-order valence-corrected chi connectivity index (χ0v) is 17.5. The smallest absolute Gasteiger partial charge is 0.303 e. The minimum absolute atomic E-state index is 0.0521. The average molecular weight is 421 g/mol. The van der Waals surface area contributed by atoms with Crippen LogP contribution < -0.4 is 11.1 Å². The number of rotatable bonds is 7. The first-order valence-electron chi connectivity index (χ1n) is 9.77. The number of anilines is 1. The minimum atomic E-state index is -1.06. The molecule has 0 aliphatic carbocycles. The molecule has 2 atom stereocenters. The number of aliphatic carboxylic acids is 1. The van der Waals surface area contributed by atoms with Crippen LogP contribution in [0, 0.1) is 18.3 Å². The molecule has 1 aromatic carbocycles. The van der Waals surface area contributed by atoms with Crippen LogP contribution in [0.5, 0.6) is 0 Å². The first kappa shape index (κ1) is 21.8. The second-order valence-electron chi connectivity index (χ2n) is 7.45. The maximum Gasteiger partial charge on any atom is 0.303 e. The fourth-order valence-electron chi connectivity index (χ4n) is 3.96. The number of amides is 2. The monoisotopic (exact) mass is 421 g/mol. The molecule has 1 aromatic heterocycles. The van der Waals surface area contributed by atoms with Gasteiger partial charge in [0.2, 0.25) is 5.91 Å². The van der Waals surface area contributed by atoms with Crippen molar-refractivity contribution in [1.29, 1.82) is 5.26 Å². The first-order chi connectivity index (χ1) is 14.7. The molecule has 2 heterocycles. The number of nitrogens with zero attached hydrogens (tertiary/aromatic N) is 3. The van der Waals surface area contributed by atoms with Gasteiger partial charge in [0, 0.05) is 24.6 Å². The Labute approximate surface area is 179 Å². The molecule has 160 valence electrons. The van der Waals surface area contributed by atoms with Crippen molar-refractivity contribution in [2.45, 2.75) is 38.8 Å². The van der Waals surface area contributed by atoms with Crippen LogP contribution in [0.25, 0.3) is 11.3 Å². The van der Waals surface area contributed by atoms with Gasteiger partial charge in [0.05, 0.1) is 17.3 Å². The highest BCUT2D eigenvalue weighted by Crippen LogP contribution is 2.38. The largest absolute Gasteiger partial charge is 0.481 e. The van der Waals surface area contributed by atoms with Gasteiger partial charge < -0.3 is 21.1 Å². The highest BCUT2D eigenvalue weighted by atomic mass is 16.4. The summed E-state index contributed by atoms with van der Waals surface area (Å²) < 4.78 is 0. The van der Waals surface area contributed by atoms with Crippen LogP contribution in [0.15, 0.2) is 24.3 Å². The fourth-order valence-corrected chi connectivity index (χ4v) is 3.96. The summed E-state index contributed by atoms with van der Waals surface area (Å²) in [6, 6.07) is 7.73. The summed E-state index contributed by atoms with van der Waals surface area (Å²) >= 11 is 0. The van der Waals surface area contributed by atoms with Crippen LogP contribution in [-0.2, 0) is 9.59 Å². The van der Waals surface area contributed by atoms with E-state index in [1.807, 2.05) is 13.0 Å². The number of pyridine rings is 1. The molecule has 1 unspecified atom stereocenters. The second kappa shape index (κ2) is 8.44. The predicted octanol–water partition coefficient (Wildman–Crippen LogP) is 2.21. The van der Waals surface area contributed by atoms with E-state index in [-0.39, 0.29) is 18.7 Å². The van der Waals surface area contributed by atoms with E-state index in [1.54, 1.807) is 32.2 Å². The quantitative estimate of drug-likeness (QED) is 0.620. The van der Waals surface area contributed by atoms with Gasteiger partial charge in [-0.1, -0.05) is 6.07 Å². The number of hydrogen-bond donors (Lipinski definition) is 3. The number of carboxylic acid groups (broad SMARTS) is 1. The average Bonchev–Trinajstić information content (AvgIpc) is 2.97. The van der Waals surface area contributed by atoms with Crippen LogP contribution in [0.1, 0.15) is 52.9 Å². The molecule has 0 fully saturated rings. The molecule has 0 bridgehead atoms. The summed E-state index contributed by atoms with van der Waals surface area (Å²) in [5, 5.41) is 21.2. The first-order valence-corrected chi connectivity index (χ1v) is 9.77.